The summed E-state index contributed by atoms with van der Waals surface area (Å²) in [5.41, 5.74) is 6.59. The third kappa shape index (κ3) is 3.62. The molecule has 0 spiro atoms. The predicted octanol–water partition coefficient (Wildman–Crippen LogP) is 4.53. The van der Waals surface area contributed by atoms with Gasteiger partial charge in [0.1, 0.15) is 6.33 Å². The molecule has 5 aromatic rings. The van der Waals surface area contributed by atoms with Gasteiger partial charge in [0.15, 0.2) is 0 Å². The summed E-state index contributed by atoms with van der Waals surface area (Å²) in [7, 11) is 0. The first kappa shape index (κ1) is 17.3. The highest BCUT2D eigenvalue weighted by Crippen LogP contribution is 2.29. The normalized spacial score (nSPS) is 11.0. The van der Waals surface area contributed by atoms with Crippen LogP contribution in [0.4, 0.5) is 0 Å². The van der Waals surface area contributed by atoms with Crippen molar-refractivity contribution >= 4 is 10.9 Å². The van der Waals surface area contributed by atoms with Gasteiger partial charge in [0.2, 0.25) is 0 Å². The molecule has 0 amide bonds. The number of hydrogen-bond acceptors (Lipinski definition) is 4. The van der Waals surface area contributed by atoms with Gasteiger partial charge in [-0.15, -0.1) is 0 Å². The first-order chi connectivity index (χ1) is 14.4. The van der Waals surface area contributed by atoms with Crippen LogP contribution in [-0.4, -0.2) is 24.5 Å². The summed E-state index contributed by atoms with van der Waals surface area (Å²) in [6, 6.07) is 20.9. The zero-order valence-electron chi connectivity index (χ0n) is 15.8. The fourth-order valence-electron chi connectivity index (χ4n) is 3.59. The average Bonchev–Trinajstić information content (AvgIpc) is 3.13. The Morgan fingerprint density at radius 3 is 2.48 bits per heavy atom. The number of rotatable bonds is 5. The summed E-state index contributed by atoms with van der Waals surface area (Å²) < 4.78 is 2.34. The lowest BCUT2D eigenvalue weighted by molar-refractivity contribution is 0.842. The molecule has 0 fully saturated rings. The molecule has 0 saturated carbocycles. The Bertz CT molecular complexity index is 1230. The molecule has 0 aliphatic carbocycles. The Hall–Kier alpha value is -3.86. The lowest BCUT2D eigenvalue weighted by Crippen LogP contribution is -2.03. The molecule has 1 aromatic carbocycles. The Kier molecular flexibility index (Phi) is 4.54. The van der Waals surface area contributed by atoms with Gasteiger partial charge in [-0.25, -0.2) is 9.97 Å². The third-order valence-electron chi connectivity index (χ3n) is 4.99. The second kappa shape index (κ2) is 7.64. The van der Waals surface area contributed by atoms with Gasteiger partial charge in [0, 0.05) is 60.1 Å². The highest BCUT2D eigenvalue weighted by Gasteiger charge is 2.13. The van der Waals surface area contributed by atoms with Crippen molar-refractivity contribution < 1.29 is 0 Å². The largest absolute Gasteiger partial charge is 0.336 e. The van der Waals surface area contributed by atoms with E-state index in [-0.39, 0.29) is 0 Å². The van der Waals surface area contributed by atoms with Gasteiger partial charge in [-0.1, -0.05) is 30.3 Å². The molecule has 5 heteroatoms. The average molecular weight is 377 g/mol. The maximum Gasteiger partial charge on any atom is 0.115 e. The smallest absolute Gasteiger partial charge is 0.115 e. The van der Waals surface area contributed by atoms with Crippen molar-refractivity contribution in [2.75, 3.05) is 0 Å². The molecule has 0 N–H and O–H groups in total. The molecule has 0 unspecified atom stereocenters. The van der Waals surface area contributed by atoms with Gasteiger partial charge in [-0.05, 0) is 35.9 Å². The van der Waals surface area contributed by atoms with Crippen molar-refractivity contribution in [2.24, 2.45) is 0 Å². The van der Waals surface area contributed by atoms with Crippen molar-refractivity contribution in [1.29, 1.82) is 0 Å². The molecule has 0 aliphatic rings. The molecule has 5 rings (SSSR count). The first-order valence-corrected chi connectivity index (χ1v) is 9.54. The molecule has 4 heterocycles. The van der Waals surface area contributed by atoms with Crippen molar-refractivity contribution in [2.45, 2.75) is 13.0 Å². The van der Waals surface area contributed by atoms with E-state index >= 15 is 0 Å². The third-order valence-corrected chi connectivity index (χ3v) is 4.99. The minimum Gasteiger partial charge on any atom is -0.336 e. The standard InChI is InChI=1S/C24H19N5/c1-2-5-18(6-3-1)16-29-23(19-7-4-9-25-14-19)11-20-15-27-22(13-24(20)29)12-21-8-10-26-17-28-21/h1-11,13-15,17H,12,16H2. The Labute approximate surface area is 168 Å². The van der Waals surface area contributed by atoms with E-state index in [1.165, 1.54) is 5.56 Å². The molecular formula is C24H19N5. The zero-order chi connectivity index (χ0) is 19.5. The quantitative estimate of drug-likeness (QED) is 0.452. The number of nitrogens with zero attached hydrogens (tertiary/aromatic N) is 5. The lowest BCUT2D eigenvalue weighted by atomic mass is 10.2. The van der Waals surface area contributed by atoms with Crippen LogP contribution in [0.2, 0.25) is 0 Å². The number of fused-ring (bicyclic) bond motifs is 1. The van der Waals surface area contributed by atoms with E-state index in [1.807, 2.05) is 30.6 Å². The number of pyridine rings is 2. The van der Waals surface area contributed by atoms with Crippen molar-refractivity contribution in [1.82, 2.24) is 24.5 Å². The molecule has 0 aliphatic heterocycles. The minimum atomic E-state index is 0.678. The highest BCUT2D eigenvalue weighted by atomic mass is 15.0. The predicted molar refractivity (Wildman–Crippen MR) is 113 cm³/mol. The monoisotopic (exact) mass is 377 g/mol. The van der Waals surface area contributed by atoms with Crippen LogP contribution in [0.15, 0.2) is 91.8 Å². The van der Waals surface area contributed by atoms with Crippen LogP contribution in [0.5, 0.6) is 0 Å². The summed E-state index contributed by atoms with van der Waals surface area (Å²) in [4.78, 5) is 17.3. The van der Waals surface area contributed by atoms with Crippen molar-refractivity contribution in [3.63, 3.8) is 0 Å². The summed E-state index contributed by atoms with van der Waals surface area (Å²) in [6.45, 7) is 0.783. The van der Waals surface area contributed by atoms with Gasteiger partial charge in [0.05, 0.1) is 11.2 Å². The number of hydrogen-bond donors (Lipinski definition) is 0. The lowest BCUT2D eigenvalue weighted by Gasteiger charge is -2.12. The number of aromatic nitrogens is 5. The summed E-state index contributed by atoms with van der Waals surface area (Å²) >= 11 is 0. The summed E-state index contributed by atoms with van der Waals surface area (Å²) in [6.07, 6.45) is 9.68. The molecule has 0 radical (unpaired) electrons. The van der Waals surface area contributed by atoms with Crippen LogP contribution in [-0.2, 0) is 13.0 Å². The van der Waals surface area contributed by atoms with E-state index in [2.05, 4.69) is 67.0 Å². The Morgan fingerprint density at radius 2 is 1.69 bits per heavy atom. The Morgan fingerprint density at radius 1 is 0.759 bits per heavy atom. The van der Waals surface area contributed by atoms with E-state index in [9.17, 15) is 0 Å². The molecule has 0 bridgehead atoms. The van der Waals surface area contributed by atoms with Gasteiger partial charge in [-0.3, -0.25) is 9.97 Å². The van der Waals surface area contributed by atoms with Gasteiger partial charge in [0.25, 0.3) is 0 Å². The van der Waals surface area contributed by atoms with E-state index in [0.29, 0.717) is 6.42 Å². The van der Waals surface area contributed by atoms with Crippen LogP contribution < -0.4 is 0 Å². The maximum absolute atomic E-state index is 4.67. The molecule has 5 nitrogen and oxygen atoms in total. The molecule has 0 saturated heterocycles. The van der Waals surface area contributed by atoms with E-state index in [0.717, 1.165) is 40.1 Å². The number of benzene rings is 1. The molecule has 0 atom stereocenters. The second-order valence-electron chi connectivity index (χ2n) is 6.95. The van der Waals surface area contributed by atoms with E-state index < -0.39 is 0 Å². The highest BCUT2D eigenvalue weighted by molar-refractivity contribution is 5.86. The van der Waals surface area contributed by atoms with E-state index in [4.69, 9.17) is 0 Å². The van der Waals surface area contributed by atoms with Crippen LogP contribution >= 0.6 is 0 Å². The minimum absolute atomic E-state index is 0.678. The molecule has 140 valence electrons. The summed E-state index contributed by atoms with van der Waals surface area (Å²) in [5.74, 6) is 0. The zero-order valence-corrected chi connectivity index (χ0v) is 15.8. The van der Waals surface area contributed by atoms with Gasteiger partial charge < -0.3 is 4.57 Å². The topological polar surface area (TPSA) is 56.5 Å². The fraction of sp³-hybridized carbons (Fsp3) is 0.0833. The Balaban J connectivity index is 1.63. The van der Waals surface area contributed by atoms with Gasteiger partial charge in [-0.2, -0.15) is 0 Å². The molecule has 4 aromatic heterocycles. The van der Waals surface area contributed by atoms with Gasteiger partial charge >= 0.3 is 0 Å². The summed E-state index contributed by atoms with van der Waals surface area (Å²) in [5, 5.41) is 1.12. The second-order valence-corrected chi connectivity index (χ2v) is 6.95. The maximum atomic E-state index is 4.67. The molecular weight excluding hydrogens is 358 g/mol. The van der Waals surface area contributed by atoms with Crippen LogP contribution in [0.3, 0.4) is 0 Å². The fourth-order valence-corrected chi connectivity index (χ4v) is 3.59. The van der Waals surface area contributed by atoms with Crippen LogP contribution in [0.25, 0.3) is 22.2 Å². The van der Waals surface area contributed by atoms with Crippen molar-refractivity contribution in [3.8, 4) is 11.3 Å². The SMILES string of the molecule is c1ccc(Cn2c(-c3cccnc3)cc3cnc(Cc4ccncn4)cc32)cc1. The first-order valence-electron chi connectivity index (χ1n) is 9.54. The van der Waals surface area contributed by atoms with E-state index in [1.54, 1.807) is 18.7 Å². The van der Waals surface area contributed by atoms with Crippen LogP contribution in [0, 0.1) is 0 Å². The molecule has 29 heavy (non-hydrogen) atoms. The van der Waals surface area contributed by atoms with Crippen molar-refractivity contribution in [3.05, 3.63) is 109 Å². The van der Waals surface area contributed by atoms with Crippen LogP contribution in [0.1, 0.15) is 17.0 Å².